The molecule has 0 spiro atoms. The van der Waals surface area contributed by atoms with Gasteiger partial charge in [-0.2, -0.15) is 0 Å². The van der Waals surface area contributed by atoms with Gasteiger partial charge in [-0.3, -0.25) is 0 Å². The van der Waals surface area contributed by atoms with Gasteiger partial charge in [0.25, 0.3) is 0 Å². The van der Waals surface area contributed by atoms with Gasteiger partial charge in [-0.1, -0.05) is 121 Å². The van der Waals surface area contributed by atoms with Gasteiger partial charge in [0, 0.05) is 32.8 Å². The molecule has 0 saturated carbocycles. The largest absolute Gasteiger partial charge is 0.438 e. The zero-order chi connectivity index (χ0) is 29.7. The topological polar surface area (TPSA) is 64.7 Å². The highest BCUT2D eigenvalue weighted by Crippen LogP contribution is 2.38. The summed E-state index contributed by atoms with van der Waals surface area (Å²) < 4.78 is 6.21. The van der Waals surface area contributed by atoms with E-state index in [-0.39, 0.29) is 0 Å². The van der Waals surface area contributed by atoms with Crippen LogP contribution in [0.15, 0.2) is 150 Å². The molecule has 210 valence electrons. The smallest absolute Gasteiger partial charge is 0.227 e. The molecule has 0 fully saturated rings. The summed E-state index contributed by atoms with van der Waals surface area (Å²) in [7, 11) is 0. The van der Waals surface area contributed by atoms with Gasteiger partial charge in [0.15, 0.2) is 17.5 Å². The van der Waals surface area contributed by atoms with Crippen LogP contribution in [0.1, 0.15) is 0 Å². The van der Waals surface area contributed by atoms with Gasteiger partial charge in [0.05, 0.1) is 5.52 Å². The van der Waals surface area contributed by atoms with Crippen molar-refractivity contribution >= 4 is 43.7 Å². The van der Waals surface area contributed by atoms with Crippen LogP contribution in [0.25, 0.3) is 89.0 Å². The van der Waals surface area contributed by atoms with E-state index in [1.807, 2.05) is 66.7 Å². The Kier molecular flexibility index (Phi) is 5.74. The fourth-order valence-corrected chi connectivity index (χ4v) is 6.07. The van der Waals surface area contributed by atoms with Crippen LogP contribution in [0, 0.1) is 0 Å². The van der Waals surface area contributed by atoms with Crippen LogP contribution in [0.3, 0.4) is 0 Å². The maximum atomic E-state index is 6.21. The van der Waals surface area contributed by atoms with Crippen LogP contribution in [0.4, 0.5) is 0 Å². The van der Waals surface area contributed by atoms with Crippen molar-refractivity contribution in [2.24, 2.45) is 0 Å². The molecule has 0 aliphatic carbocycles. The van der Waals surface area contributed by atoms with Gasteiger partial charge in [-0.25, -0.2) is 19.9 Å². The van der Waals surface area contributed by atoms with Crippen molar-refractivity contribution in [1.29, 1.82) is 0 Å². The first-order chi connectivity index (χ1) is 22.3. The molecule has 5 heteroatoms. The molecule has 0 N–H and O–H groups in total. The third-order valence-corrected chi connectivity index (χ3v) is 8.32. The van der Waals surface area contributed by atoms with Crippen LogP contribution in [-0.2, 0) is 0 Å². The Bertz CT molecular complexity index is 2540. The number of pyridine rings is 1. The minimum atomic E-state index is 0.626. The molecule has 0 aliphatic rings. The Morgan fingerprint density at radius 1 is 0.400 bits per heavy atom. The number of hydrogen-bond acceptors (Lipinski definition) is 5. The predicted molar refractivity (Wildman–Crippen MR) is 182 cm³/mol. The fraction of sp³-hybridized carbons (Fsp3) is 0. The third kappa shape index (κ3) is 4.41. The molecule has 6 aromatic carbocycles. The van der Waals surface area contributed by atoms with Gasteiger partial charge in [0.1, 0.15) is 5.58 Å². The first-order valence-electron chi connectivity index (χ1n) is 14.9. The molecule has 3 aromatic heterocycles. The van der Waals surface area contributed by atoms with E-state index in [9.17, 15) is 0 Å². The Hall–Kier alpha value is -6.20. The van der Waals surface area contributed by atoms with Crippen molar-refractivity contribution in [2.45, 2.75) is 0 Å². The number of benzene rings is 6. The maximum absolute atomic E-state index is 6.21. The number of furan rings is 1. The summed E-state index contributed by atoms with van der Waals surface area (Å²) in [5, 5.41) is 5.48. The number of rotatable bonds is 4. The fourth-order valence-electron chi connectivity index (χ4n) is 6.07. The lowest BCUT2D eigenvalue weighted by atomic mass is 9.98. The van der Waals surface area contributed by atoms with E-state index >= 15 is 0 Å². The van der Waals surface area contributed by atoms with E-state index in [1.165, 1.54) is 5.39 Å². The first kappa shape index (κ1) is 25.3. The average molecular weight is 577 g/mol. The molecular formula is C40H24N4O. The molecule has 0 unspecified atom stereocenters. The zero-order valence-electron chi connectivity index (χ0n) is 24.1. The molecule has 0 bridgehead atoms. The second-order valence-corrected chi connectivity index (χ2v) is 11.1. The van der Waals surface area contributed by atoms with Crippen LogP contribution in [-0.4, -0.2) is 19.9 Å². The second-order valence-electron chi connectivity index (χ2n) is 11.1. The molecule has 9 aromatic rings. The highest BCUT2D eigenvalue weighted by molar-refractivity contribution is 6.13. The SMILES string of the molecule is c1ccc(-c2nc(-c3ccc(-c4cccc5oc6nc7ccccc7cc6c45)cc3)nc(-c3ccc4ccccc4c3)n2)cc1. The van der Waals surface area contributed by atoms with Crippen LogP contribution in [0.2, 0.25) is 0 Å². The minimum Gasteiger partial charge on any atom is -0.438 e. The van der Waals surface area contributed by atoms with E-state index in [2.05, 4.69) is 78.9 Å². The van der Waals surface area contributed by atoms with E-state index in [0.717, 1.165) is 60.5 Å². The highest BCUT2D eigenvalue weighted by atomic mass is 16.3. The molecule has 0 aliphatic heterocycles. The Balaban J connectivity index is 1.17. The standard InChI is InChI=1S/C40H24N4O/c1-2-10-27(11-3-1)37-42-38(44-39(43-37)31-22-17-25-9-4-5-12-29(25)23-31)28-20-18-26(19-21-28)32-14-8-16-35-36(32)33-24-30-13-6-7-15-34(30)41-40(33)45-35/h1-24H. The summed E-state index contributed by atoms with van der Waals surface area (Å²) in [5.41, 5.74) is 7.36. The van der Waals surface area contributed by atoms with Crippen LogP contribution >= 0.6 is 0 Å². The third-order valence-electron chi connectivity index (χ3n) is 8.32. The monoisotopic (exact) mass is 576 g/mol. The molecule has 5 nitrogen and oxygen atoms in total. The van der Waals surface area contributed by atoms with Crippen molar-refractivity contribution in [3.63, 3.8) is 0 Å². The molecule has 9 rings (SSSR count). The zero-order valence-corrected chi connectivity index (χ0v) is 24.1. The molecule has 45 heavy (non-hydrogen) atoms. The second kappa shape index (κ2) is 10.2. The Morgan fingerprint density at radius 2 is 1.02 bits per heavy atom. The number of nitrogens with zero attached hydrogens (tertiary/aromatic N) is 4. The summed E-state index contributed by atoms with van der Waals surface area (Å²) in [6.45, 7) is 0. The average Bonchev–Trinajstić information content (AvgIpc) is 3.48. The summed E-state index contributed by atoms with van der Waals surface area (Å²) in [6.07, 6.45) is 0. The van der Waals surface area contributed by atoms with Crippen molar-refractivity contribution < 1.29 is 4.42 Å². The van der Waals surface area contributed by atoms with E-state index in [4.69, 9.17) is 24.4 Å². The van der Waals surface area contributed by atoms with Crippen molar-refractivity contribution in [3.05, 3.63) is 146 Å². The van der Waals surface area contributed by atoms with Crippen LogP contribution < -0.4 is 0 Å². The number of hydrogen-bond donors (Lipinski definition) is 0. The lowest BCUT2D eigenvalue weighted by Gasteiger charge is -2.10. The number of fused-ring (bicyclic) bond motifs is 5. The molecule has 0 radical (unpaired) electrons. The normalized spacial score (nSPS) is 11.6. The summed E-state index contributed by atoms with van der Waals surface area (Å²) >= 11 is 0. The first-order valence-corrected chi connectivity index (χ1v) is 14.9. The molecule has 3 heterocycles. The lowest BCUT2D eigenvalue weighted by Crippen LogP contribution is -2.00. The Labute approximate surface area is 258 Å². The number of para-hydroxylation sites is 1. The minimum absolute atomic E-state index is 0.626. The van der Waals surface area contributed by atoms with E-state index in [0.29, 0.717) is 23.2 Å². The quantitative estimate of drug-likeness (QED) is 0.209. The van der Waals surface area contributed by atoms with E-state index < -0.39 is 0 Å². The van der Waals surface area contributed by atoms with Crippen molar-refractivity contribution in [1.82, 2.24) is 19.9 Å². The highest BCUT2D eigenvalue weighted by Gasteiger charge is 2.16. The summed E-state index contributed by atoms with van der Waals surface area (Å²) in [6, 6.07) is 49.6. The summed E-state index contributed by atoms with van der Waals surface area (Å²) in [4.78, 5) is 19.6. The van der Waals surface area contributed by atoms with Crippen molar-refractivity contribution in [3.8, 4) is 45.3 Å². The van der Waals surface area contributed by atoms with Gasteiger partial charge in [-0.05, 0) is 46.2 Å². The molecular weight excluding hydrogens is 552 g/mol. The molecule has 0 saturated heterocycles. The Morgan fingerprint density at radius 3 is 1.82 bits per heavy atom. The predicted octanol–water partition coefficient (Wildman–Crippen LogP) is 10.1. The molecule has 0 atom stereocenters. The van der Waals surface area contributed by atoms with Gasteiger partial charge < -0.3 is 4.42 Å². The van der Waals surface area contributed by atoms with Gasteiger partial charge >= 0.3 is 0 Å². The van der Waals surface area contributed by atoms with Crippen LogP contribution in [0.5, 0.6) is 0 Å². The molecule has 0 amide bonds. The van der Waals surface area contributed by atoms with E-state index in [1.54, 1.807) is 0 Å². The number of aromatic nitrogens is 4. The van der Waals surface area contributed by atoms with Crippen molar-refractivity contribution in [2.75, 3.05) is 0 Å². The maximum Gasteiger partial charge on any atom is 0.227 e. The van der Waals surface area contributed by atoms with Gasteiger partial charge in [0.2, 0.25) is 5.71 Å². The summed E-state index contributed by atoms with van der Waals surface area (Å²) in [5.74, 6) is 1.91. The lowest BCUT2D eigenvalue weighted by molar-refractivity contribution is 0.656. The van der Waals surface area contributed by atoms with Gasteiger partial charge in [-0.15, -0.1) is 0 Å².